The third-order valence-corrected chi connectivity index (χ3v) is 3.23. The summed E-state index contributed by atoms with van der Waals surface area (Å²) in [7, 11) is 0. The monoisotopic (exact) mass is 329 g/mol. The highest BCUT2D eigenvalue weighted by molar-refractivity contribution is 14.1. The Morgan fingerprint density at radius 1 is 1.50 bits per heavy atom. The van der Waals surface area contributed by atoms with Gasteiger partial charge >= 0.3 is 0 Å². The molecule has 1 amide bonds. The van der Waals surface area contributed by atoms with Crippen molar-refractivity contribution in [1.29, 1.82) is 0 Å². The second-order valence-electron chi connectivity index (χ2n) is 3.86. The molecule has 0 spiro atoms. The Kier molecular flexibility index (Phi) is 4.99. The fourth-order valence-electron chi connectivity index (χ4n) is 1.33. The first-order valence-corrected chi connectivity index (χ1v) is 6.26. The average molecular weight is 329 g/mol. The first-order valence-electron chi connectivity index (χ1n) is 5.18. The molecule has 1 aromatic carbocycles. The van der Waals surface area contributed by atoms with Crippen molar-refractivity contribution in [3.63, 3.8) is 0 Å². The molecule has 1 rings (SSSR count). The van der Waals surface area contributed by atoms with Crippen molar-refractivity contribution in [1.82, 2.24) is 5.32 Å². The van der Waals surface area contributed by atoms with Gasteiger partial charge in [0.2, 0.25) is 5.91 Å². The molecular weight excluding hydrogens is 313 g/mol. The lowest BCUT2D eigenvalue weighted by Gasteiger charge is -2.19. The highest BCUT2D eigenvalue weighted by atomic mass is 127. The fraction of sp³-hybridized carbons (Fsp3) is 0.308. The topological polar surface area (TPSA) is 29.1 Å². The van der Waals surface area contributed by atoms with Gasteiger partial charge in [-0.3, -0.25) is 4.79 Å². The second kappa shape index (κ2) is 6.03. The summed E-state index contributed by atoms with van der Waals surface area (Å²) in [5.74, 6) is 0.0526. The lowest BCUT2D eigenvalue weighted by atomic mass is 10.1. The number of allylic oxidation sites excluding steroid dienone is 1. The largest absolute Gasteiger partial charge is 0.351 e. The minimum Gasteiger partial charge on any atom is -0.351 e. The van der Waals surface area contributed by atoms with Gasteiger partial charge in [0.25, 0.3) is 0 Å². The van der Waals surface area contributed by atoms with Crippen LogP contribution in [0.15, 0.2) is 43.0 Å². The molecular formula is C13H16INO. The van der Waals surface area contributed by atoms with Crippen LogP contribution >= 0.6 is 22.6 Å². The average Bonchev–Trinajstić information content (AvgIpc) is 2.27. The fourth-order valence-corrected chi connectivity index (χ4v) is 1.83. The number of alkyl halides is 1. The molecule has 0 radical (unpaired) electrons. The third kappa shape index (κ3) is 3.96. The van der Waals surface area contributed by atoms with Gasteiger partial charge in [0.15, 0.2) is 0 Å². The zero-order valence-electron chi connectivity index (χ0n) is 9.37. The van der Waals surface area contributed by atoms with Gasteiger partial charge in [-0.1, -0.05) is 59.0 Å². The lowest BCUT2D eigenvalue weighted by Crippen LogP contribution is -2.38. The Hall–Kier alpha value is -0.840. The number of hydrogen-bond acceptors (Lipinski definition) is 1. The standard InChI is InChI=1S/C13H16INO/c1-3-9-13(2,14)12(16)15-10-11-7-5-4-6-8-11/h3-8H,1,9-10H2,2H3,(H,15,16). The Balaban J connectivity index is 2.50. The predicted octanol–water partition coefficient (Wildman–Crippen LogP) is 3.07. The number of hydrogen-bond donors (Lipinski definition) is 1. The van der Waals surface area contributed by atoms with Crippen LogP contribution in [0.3, 0.4) is 0 Å². The molecule has 3 heteroatoms. The van der Waals surface area contributed by atoms with Gasteiger partial charge in [0.1, 0.15) is 3.42 Å². The van der Waals surface area contributed by atoms with Crippen LogP contribution in [0.25, 0.3) is 0 Å². The summed E-state index contributed by atoms with van der Waals surface area (Å²) in [5.41, 5.74) is 1.11. The van der Waals surface area contributed by atoms with Crippen molar-refractivity contribution in [3.8, 4) is 0 Å². The van der Waals surface area contributed by atoms with Crippen molar-refractivity contribution in [2.45, 2.75) is 23.3 Å². The van der Waals surface area contributed by atoms with Crippen molar-refractivity contribution in [2.75, 3.05) is 0 Å². The zero-order valence-corrected chi connectivity index (χ0v) is 11.5. The highest BCUT2D eigenvalue weighted by Gasteiger charge is 2.27. The number of benzene rings is 1. The van der Waals surface area contributed by atoms with E-state index in [9.17, 15) is 4.79 Å². The van der Waals surface area contributed by atoms with E-state index in [0.717, 1.165) is 5.56 Å². The van der Waals surface area contributed by atoms with Crippen LogP contribution < -0.4 is 5.32 Å². The van der Waals surface area contributed by atoms with Gasteiger partial charge in [-0.05, 0) is 18.9 Å². The molecule has 0 bridgehead atoms. The molecule has 0 saturated heterocycles. The number of amides is 1. The van der Waals surface area contributed by atoms with Gasteiger partial charge in [-0.25, -0.2) is 0 Å². The van der Waals surface area contributed by atoms with E-state index in [-0.39, 0.29) is 5.91 Å². The van der Waals surface area contributed by atoms with E-state index in [1.165, 1.54) is 0 Å². The Labute approximate surface area is 110 Å². The molecule has 1 unspecified atom stereocenters. The number of carbonyl (C=O) groups is 1. The molecule has 1 aromatic rings. The first-order chi connectivity index (χ1) is 7.56. The van der Waals surface area contributed by atoms with Crippen molar-refractivity contribution >= 4 is 28.5 Å². The minimum atomic E-state index is -0.408. The van der Waals surface area contributed by atoms with Crippen molar-refractivity contribution in [3.05, 3.63) is 48.6 Å². The Bertz CT molecular complexity index is 359. The van der Waals surface area contributed by atoms with Gasteiger partial charge in [-0.15, -0.1) is 6.58 Å². The minimum absolute atomic E-state index is 0.0526. The van der Waals surface area contributed by atoms with Crippen LogP contribution in [-0.2, 0) is 11.3 Å². The van der Waals surface area contributed by atoms with Gasteiger partial charge in [-0.2, -0.15) is 0 Å². The normalized spacial score (nSPS) is 13.9. The molecule has 0 aliphatic carbocycles. The van der Waals surface area contributed by atoms with E-state index < -0.39 is 3.42 Å². The van der Waals surface area contributed by atoms with E-state index in [0.29, 0.717) is 13.0 Å². The van der Waals surface area contributed by atoms with Crippen LogP contribution in [0.4, 0.5) is 0 Å². The second-order valence-corrected chi connectivity index (χ2v) is 6.24. The Morgan fingerprint density at radius 3 is 2.69 bits per heavy atom. The summed E-state index contributed by atoms with van der Waals surface area (Å²) in [4.78, 5) is 11.9. The summed E-state index contributed by atoms with van der Waals surface area (Å²) in [6.07, 6.45) is 2.45. The molecule has 0 aliphatic heterocycles. The molecule has 0 aromatic heterocycles. The third-order valence-electron chi connectivity index (χ3n) is 2.30. The number of halogens is 1. The summed E-state index contributed by atoms with van der Waals surface area (Å²) in [6.45, 7) is 6.15. The van der Waals surface area contributed by atoms with E-state index in [4.69, 9.17) is 0 Å². The smallest absolute Gasteiger partial charge is 0.236 e. The molecule has 1 N–H and O–H groups in total. The summed E-state index contributed by atoms with van der Waals surface area (Å²) in [6, 6.07) is 9.89. The summed E-state index contributed by atoms with van der Waals surface area (Å²) >= 11 is 2.16. The van der Waals surface area contributed by atoms with Gasteiger partial charge in [0, 0.05) is 6.54 Å². The van der Waals surface area contributed by atoms with E-state index in [1.807, 2.05) is 37.3 Å². The highest BCUT2D eigenvalue weighted by Crippen LogP contribution is 2.23. The first kappa shape index (κ1) is 13.2. The summed E-state index contributed by atoms with van der Waals surface area (Å²) < 4.78 is -0.408. The van der Waals surface area contributed by atoms with Crippen LogP contribution in [0, 0.1) is 0 Å². The Morgan fingerprint density at radius 2 is 2.12 bits per heavy atom. The summed E-state index contributed by atoms with van der Waals surface area (Å²) in [5, 5.41) is 2.93. The molecule has 1 atom stereocenters. The maximum absolute atomic E-state index is 11.9. The maximum Gasteiger partial charge on any atom is 0.236 e. The van der Waals surface area contributed by atoms with E-state index >= 15 is 0 Å². The number of rotatable bonds is 5. The van der Waals surface area contributed by atoms with Crippen molar-refractivity contribution in [2.24, 2.45) is 0 Å². The van der Waals surface area contributed by atoms with Crippen LogP contribution in [0.2, 0.25) is 0 Å². The lowest BCUT2D eigenvalue weighted by molar-refractivity contribution is -0.122. The van der Waals surface area contributed by atoms with Crippen molar-refractivity contribution < 1.29 is 4.79 Å². The predicted molar refractivity (Wildman–Crippen MR) is 75.5 cm³/mol. The number of carbonyl (C=O) groups excluding carboxylic acids is 1. The SMILES string of the molecule is C=CCC(C)(I)C(=O)NCc1ccccc1. The van der Waals surface area contributed by atoms with Crippen LogP contribution in [-0.4, -0.2) is 9.33 Å². The van der Waals surface area contributed by atoms with Crippen LogP contribution in [0.5, 0.6) is 0 Å². The van der Waals surface area contributed by atoms with E-state index in [1.54, 1.807) is 6.08 Å². The van der Waals surface area contributed by atoms with Gasteiger partial charge in [0.05, 0.1) is 0 Å². The molecule has 2 nitrogen and oxygen atoms in total. The molecule has 0 aliphatic rings. The molecule has 0 saturated carbocycles. The molecule has 0 heterocycles. The maximum atomic E-state index is 11.9. The van der Waals surface area contributed by atoms with E-state index in [2.05, 4.69) is 34.5 Å². The molecule has 16 heavy (non-hydrogen) atoms. The van der Waals surface area contributed by atoms with Crippen LogP contribution in [0.1, 0.15) is 18.9 Å². The number of nitrogens with one attached hydrogen (secondary N) is 1. The molecule has 86 valence electrons. The zero-order chi connectivity index (χ0) is 12.0. The quantitative estimate of drug-likeness (QED) is 0.502. The molecule has 0 fully saturated rings. The van der Waals surface area contributed by atoms with Gasteiger partial charge < -0.3 is 5.32 Å².